The quantitative estimate of drug-likeness (QED) is 0.248. The summed E-state index contributed by atoms with van der Waals surface area (Å²) in [7, 11) is 0. The van der Waals surface area contributed by atoms with Crippen molar-refractivity contribution in [3.63, 3.8) is 0 Å². The van der Waals surface area contributed by atoms with Crippen molar-refractivity contribution in [2.75, 3.05) is 0 Å². The summed E-state index contributed by atoms with van der Waals surface area (Å²) < 4.78 is 2.43. The Morgan fingerprint density at radius 2 is 1.39 bits per heavy atom. The molecule has 1 heteroatoms. The predicted octanol–water partition coefficient (Wildman–Crippen LogP) is 8.90. The van der Waals surface area contributed by atoms with Gasteiger partial charge in [0, 0.05) is 27.6 Å². The average molecular weight is 426 g/mol. The molecule has 0 aliphatic carbocycles. The third-order valence-corrected chi connectivity index (χ3v) is 6.26. The van der Waals surface area contributed by atoms with Crippen LogP contribution in [-0.2, 0) is 0 Å². The Balaban J connectivity index is 2.01. The topological polar surface area (TPSA) is 4.93 Å². The van der Waals surface area contributed by atoms with E-state index in [-0.39, 0.29) is 0 Å². The van der Waals surface area contributed by atoms with Crippen LogP contribution >= 0.6 is 0 Å². The molecule has 160 valence electrons. The molecule has 4 aromatic carbocycles. The Bertz CT molecular complexity index is 1530. The second kappa shape index (κ2) is 8.80. The molecule has 0 unspecified atom stereocenters. The first-order valence-electron chi connectivity index (χ1n) is 11.4. The highest BCUT2D eigenvalue weighted by atomic mass is 15.0. The van der Waals surface area contributed by atoms with Gasteiger partial charge in [-0.3, -0.25) is 0 Å². The third-order valence-electron chi connectivity index (χ3n) is 6.26. The number of aryl methyl sites for hydroxylation is 1. The highest BCUT2D eigenvalue weighted by Gasteiger charge is 2.19. The molecule has 1 nitrogen and oxygen atoms in total. The number of nitrogens with zero attached hydrogens (tertiary/aromatic N) is 1. The number of rotatable bonds is 5. The molecule has 0 bridgehead atoms. The van der Waals surface area contributed by atoms with Crippen LogP contribution < -0.4 is 0 Å². The van der Waals surface area contributed by atoms with Gasteiger partial charge in [-0.15, -0.1) is 0 Å². The zero-order chi connectivity index (χ0) is 22.8. The molecule has 5 rings (SSSR count). The lowest BCUT2D eigenvalue weighted by Crippen LogP contribution is -1.98. The van der Waals surface area contributed by atoms with Crippen LogP contribution in [0.15, 0.2) is 122 Å². The number of hydrogen-bond acceptors (Lipinski definition) is 0. The van der Waals surface area contributed by atoms with Crippen LogP contribution in [0, 0.1) is 6.92 Å². The Kier molecular flexibility index (Phi) is 5.54. The van der Waals surface area contributed by atoms with Gasteiger partial charge in [0.05, 0.1) is 11.0 Å². The van der Waals surface area contributed by atoms with Gasteiger partial charge in [0.25, 0.3) is 0 Å². The highest BCUT2D eigenvalue weighted by molar-refractivity contribution is 6.16. The van der Waals surface area contributed by atoms with Gasteiger partial charge in [-0.05, 0) is 42.7 Å². The molecule has 0 spiro atoms. The molecule has 0 radical (unpaired) electrons. The maximum absolute atomic E-state index is 4.12. The van der Waals surface area contributed by atoms with Gasteiger partial charge >= 0.3 is 0 Å². The summed E-state index contributed by atoms with van der Waals surface area (Å²) >= 11 is 0. The third kappa shape index (κ3) is 3.52. The number of hydrogen-bond donors (Lipinski definition) is 0. The summed E-state index contributed by atoms with van der Waals surface area (Å²) in [5.74, 6) is 0. The van der Waals surface area contributed by atoms with E-state index in [0.717, 1.165) is 11.3 Å². The fraction of sp³-hybridized carbons (Fsp3) is 0.0625. The zero-order valence-electron chi connectivity index (χ0n) is 19.1. The smallest absolute Gasteiger partial charge is 0.0619 e. The molecule has 1 heterocycles. The lowest BCUT2D eigenvalue weighted by atomic mass is 9.97. The number of allylic oxidation sites excluding steroid dienone is 5. The number of benzene rings is 4. The standard InChI is InChI=1S/C32H27N/c1-4-6-15-24(5-2)27-19-12-21-29-30-22-13-20-28(26-18-11-10-14-23(26)3)32(30)33(31(27)29)25-16-8-7-9-17-25/h4-22H,2H2,1,3H3/b6-4-,24-15+. The monoisotopic (exact) mass is 425 g/mol. The first-order chi connectivity index (χ1) is 16.2. The lowest BCUT2D eigenvalue weighted by Gasteiger charge is -2.15. The van der Waals surface area contributed by atoms with Crippen LogP contribution in [0.25, 0.3) is 44.2 Å². The van der Waals surface area contributed by atoms with E-state index in [1.54, 1.807) is 0 Å². The van der Waals surface area contributed by atoms with E-state index in [2.05, 4.69) is 121 Å². The number of aromatic nitrogens is 1. The van der Waals surface area contributed by atoms with Crippen LogP contribution in [0.1, 0.15) is 18.1 Å². The minimum absolute atomic E-state index is 1.11. The molecular weight excluding hydrogens is 398 g/mol. The van der Waals surface area contributed by atoms with E-state index in [1.807, 2.05) is 19.1 Å². The van der Waals surface area contributed by atoms with Crippen molar-refractivity contribution in [3.8, 4) is 16.8 Å². The van der Waals surface area contributed by atoms with Crippen molar-refractivity contribution in [2.45, 2.75) is 13.8 Å². The zero-order valence-corrected chi connectivity index (χ0v) is 19.1. The van der Waals surface area contributed by atoms with Crippen LogP contribution in [0.3, 0.4) is 0 Å². The first-order valence-corrected chi connectivity index (χ1v) is 11.4. The summed E-state index contributed by atoms with van der Waals surface area (Å²) in [6.45, 7) is 8.34. The van der Waals surface area contributed by atoms with Gasteiger partial charge in [-0.25, -0.2) is 0 Å². The van der Waals surface area contributed by atoms with E-state index in [4.69, 9.17) is 0 Å². The maximum atomic E-state index is 4.12. The van der Waals surface area contributed by atoms with Crippen LogP contribution in [0.5, 0.6) is 0 Å². The molecule has 0 aliphatic heterocycles. The fourth-order valence-electron chi connectivity index (χ4n) is 4.74. The Morgan fingerprint density at radius 3 is 2.12 bits per heavy atom. The minimum atomic E-state index is 1.11. The maximum Gasteiger partial charge on any atom is 0.0619 e. The Morgan fingerprint density at radius 1 is 0.727 bits per heavy atom. The minimum Gasteiger partial charge on any atom is -0.308 e. The van der Waals surface area contributed by atoms with E-state index in [1.165, 1.54) is 44.1 Å². The molecule has 0 aliphatic rings. The number of para-hydroxylation sites is 3. The van der Waals surface area contributed by atoms with Gasteiger partial charge in [-0.2, -0.15) is 0 Å². The van der Waals surface area contributed by atoms with Crippen molar-refractivity contribution in [2.24, 2.45) is 0 Å². The van der Waals surface area contributed by atoms with Crippen LogP contribution in [0.4, 0.5) is 0 Å². The fourth-order valence-corrected chi connectivity index (χ4v) is 4.74. The van der Waals surface area contributed by atoms with Gasteiger partial charge in [-0.1, -0.05) is 110 Å². The van der Waals surface area contributed by atoms with E-state index < -0.39 is 0 Å². The second-order valence-electron chi connectivity index (χ2n) is 8.24. The summed E-state index contributed by atoms with van der Waals surface area (Å²) in [6, 6.07) is 32.5. The predicted molar refractivity (Wildman–Crippen MR) is 144 cm³/mol. The van der Waals surface area contributed by atoms with Gasteiger partial charge in [0.2, 0.25) is 0 Å². The largest absolute Gasteiger partial charge is 0.308 e. The van der Waals surface area contributed by atoms with Gasteiger partial charge in [0.15, 0.2) is 0 Å². The van der Waals surface area contributed by atoms with Crippen molar-refractivity contribution in [1.29, 1.82) is 0 Å². The van der Waals surface area contributed by atoms with Crippen molar-refractivity contribution in [1.82, 2.24) is 4.57 Å². The molecule has 0 N–H and O–H groups in total. The Hall–Kier alpha value is -4.10. The average Bonchev–Trinajstić information content (AvgIpc) is 3.21. The molecule has 0 fully saturated rings. The van der Waals surface area contributed by atoms with Crippen LogP contribution in [0.2, 0.25) is 0 Å². The summed E-state index contributed by atoms with van der Waals surface area (Å²) in [6.07, 6.45) is 8.21. The van der Waals surface area contributed by atoms with Crippen molar-refractivity contribution < 1.29 is 0 Å². The van der Waals surface area contributed by atoms with Gasteiger partial charge in [0.1, 0.15) is 0 Å². The molecular formula is C32H27N. The van der Waals surface area contributed by atoms with Crippen molar-refractivity contribution >= 4 is 27.4 Å². The second-order valence-corrected chi connectivity index (χ2v) is 8.24. The molecule has 0 saturated carbocycles. The SMILES string of the molecule is C=C/C(=C\C=C/C)c1cccc2c3cccc(-c4ccccc4C)c3n(-c3ccccc3)c12. The van der Waals surface area contributed by atoms with E-state index in [0.29, 0.717) is 0 Å². The van der Waals surface area contributed by atoms with Crippen molar-refractivity contribution in [3.05, 3.63) is 133 Å². The normalized spacial score (nSPS) is 12.1. The van der Waals surface area contributed by atoms with E-state index >= 15 is 0 Å². The highest BCUT2D eigenvalue weighted by Crippen LogP contribution is 2.41. The molecule has 5 aromatic rings. The lowest BCUT2D eigenvalue weighted by molar-refractivity contribution is 1.18. The van der Waals surface area contributed by atoms with E-state index in [9.17, 15) is 0 Å². The summed E-state index contributed by atoms with van der Waals surface area (Å²) in [5, 5.41) is 2.50. The summed E-state index contributed by atoms with van der Waals surface area (Å²) in [4.78, 5) is 0. The Labute approximate surface area is 195 Å². The molecule has 0 atom stereocenters. The van der Waals surface area contributed by atoms with Gasteiger partial charge < -0.3 is 4.57 Å². The molecule has 33 heavy (non-hydrogen) atoms. The van der Waals surface area contributed by atoms with Crippen LogP contribution in [-0.4, -0.2) is 4.57 Å². The number of fused-ring (bicyclic) bond motifs is 3. The summed E-state index contributed by atoms with van der Waals surface area (Å²) in [5.41, 5.74) is 9.65. The molecule has 1 aromatic heterocycles. The molecule has 0 amide bonds. The molecule has 0 saturated heterocycles. The first kappa shape index (κ1) is 20.8.